The minimum absolute atomic E-state index is 0.260. The van der Waals surface area contributed by atoms with E-state index in [1.54, 1.807) is 24.3 Å². The summed E-state index contributed by atoms with van der Waals surface area (Å²) in [5.41, 5.74) is 0.235. The van der Waals surface area contributed by atoms with E-state index in [-0.39, 0.29) is 11.5 Å². The number of carboxylic acid groups (broad SMARTS) is 1. The van der Waals surface area contributed by atoms with Crippen molar-refractivity contribution in [1.82, 2.24) is 0 Å². The summed E-state index contributed by atoms with van der Waals surface area (Å²) in [6.45, 7) is 1.83. The Morgan fingerprint density at radius 1 is 1.24 bits per heavy atom. The van der Waals surface area contributed by atoms with E-state index in [0.717, 1.165) is 18.4 Å². The summed E-state index contributed by atoms with van der Waals surface area (Å²) in [4.78, 5) is 10.8. The second-order valence-corrected chi connectivity index (χ2v) is 5.01. The number of aromatic carboxylic acids is 1. The van der Waals surface area contributed by atoms with Crippen molar-refractivity contribution in [3.05, 3.63) is 35.4 Å². The van der Waals surface area contributed by atoms with Gasteiger partial charge >= 0.3 is 5.97 Å². The Morgan fingerprint density at radius 3 is 2.24 bits per heavy atom. The molecule has 1 aromatic rings. The van der Waals surface area contributed by atoms with Crippen LogP contribution in [-0.4, -0.2) is 16.2 Å². The highest BCUT2D eigenvalue weighted by Crippen LogP contribution is 2.40. The van der Waals surface area contributed by atoms with Crippen LogP contribution in [0.15, 0.2) is 24.3 Å². The maximum Gasteiger partial charge on any atom is 0.335 e. The molecule has 2 N–H and O–H groups in total. The molecule has 0 radical (unpaired) electrons. The van der Waals surface area contributed by atoms with Gasteiger partial charge in [-0.15, -0.1) is 0 Å². The molecule has 0 amide bonds. The Balaban J connectivity index is 2.23. The molecule has 1 aromatic carbocycles. The highest BCUT2D eigenvalue weighted by Gasteiger charge is 2.35. The molecule has 0 bridgehead atoms. The van der Waals surface area contributed by atoms with Crippen LogP contribution in [-0.2, 0) is 5.60 Å². The molecule has 1 unspecified atom stereocenters. The van der Waals surface area contributed by atoms with E-state index < -0.39 is 11.6 Å². The average Bonchev–Trinajstić information content (AvgIpc) is 2.83. The first-order valence-corrected chi connectivity index (χ1v) is 6.08. The second kappa shape index (κ2) is 4.49. The van der Waals surface area contributed by atoms with Crippen LogP contribution in [0.1, 0.15) is 48.5 Å². The molecular weight excluding hydrogens is 216 g/mol. The fraction of sp³-hybridized carbons (Fsp3) is 0.500. The van der Waals surface area contributed by atoms with Gasteiger partial charge in [-0.3, -0.25) is 0 Å². The third-order valence-electron chi connectivity index (χ3n) is 3.87. The summed E-state index contributed by atoms with van der Waals surface area (Å²) in [6, 6.07) is 6.56. The largest absolute Gasteiger partial charge is 0.478 e. The lowest BCUT2D eigenvalue weighted by Gasteiger charge is -2.30. The topological polar surface area (TPSA) is 57.5 Å². The van der Waals surface area contributed by atoms with Gasteiger partial charge in [0.15, 0.2) is 0 Å². The van der Waals surface area contributed by atoms with Crippen molar-refractivity contribution in [3.8, 4) is 0 Å². The summed E-state index contributed by atoms with van der Waals surface area (Å²) in [5, 5.41) is 19.4. The Labute approximate surface area is 101 Å². The lowest BCUT2D eigenvalue weighted by atomic mass is 9.81. The van der Waals surface area contributed by atoms with Crippen molar-refractivity contribution < 1.29 is 15.0 Å². The van der Waals surface area contributed by atoms with Crippen LogP contribution in [0.4, 0.5) is 0 Å². The number of rotatable bonds is 3. The molecule has 1 saturated carbocycles. The predicted molar refractivity (Wildman–Crippen MR) is 64.9 cm³/mol. The first-order chi connectivity index (χ1) is 8.01. The predicted octanol–water partition coefficient (Wildman–Crippen LogP) is 2.78. The van der Waals surface area contributed by atoms with Gasteiger partial charge in [-0.25, -0.2) is 4.79 Å². The first kappa shape index (κ1) is 12.1. The van der Waals surface area contributed by atoms with E-state index >= 15 is 0 Å². The molecular formula is C14H18O3. The Kier molecular flexibility index (Phi) is 3.20. The Bertz CT molecular complexity index is 400. The van der Waals surface area contributed by atoms with Crippen LogP contribution >= 0.6 is 0 Å². The Hall–Kier alpha value is -1.35. The summed E-state index contributed by atoms with van der Waals surface area (Å²) >= 11 is 0. The molecule has 0 aliphatic heterocycles. The molecule has 0 saturated heterocycles. The second-order valence-electron chi connectivity index (χ2n) is 5.01. The van der Waals surface area contributed by atoms with Gasteiger partial charge < -0.3 is 10.2 Å². The average molecular weight is 234 g/mol. The lowest BCUT2D eigenvalue weighted by Crippen LogP contribution is -2.30. The fourth-order valence-corrected chi connectivity index (χ4v) is 2.67. The molecule has 0 aromatic heterocycles. The van der Waals surface area contributed by atoms with Gasteiger partial charge in [0.2, 0.25) is 0 Å². The van der Waals surface area contributed by atoms with E-state index in [0.29, 0.717) is 0 Å². The van der Waals surface area contributed by atoms with Gasteiger partial charge in [0.25, 0.3) is 0 Å². The molecule has 0 spiro atoms. The monoisotopic (exact) mass is 234 g/mol. The normalized spacial score (nSPS) is 20.1. The number of carboxylic acids is 1. The molecule has 1 aliphatic rings. The third-order valence-corrected chi connectivity index (χ3v) is 3.87. The number of hydrogen-bond donors (Lipinski definition) is 2. The van der Waals surface area contributed by atoms with Crippen LogP contribution in [0.5, 0.6) is 0 Å². The number of hydrogen-bond acceptors (Lipinski definition) is 2. The standard InChI is InChI=1S/C14H18O3/c1-14(17,11-4-2-3-5-11)12-8-6-10(7-9-12)13(15)16/h6-9,11,17H,2-5H2,1H3,(H,15,16). The van der Waals surface area contributed by atoms with Crippen LogP contribution in [0.25, 0.3) is 0 Å². The van der Waals surface area contributed by atoms with E-state index in [1.165, 1.54) is 12.8 Å². The van der Waals surface area contributed by atoms with Gasteiger partial charge in [-0.2, -0.15) is 0 Å². The van der Waals surface area contributed by atoms with Gasteiger partial charge in [0.1, 0.15) is 0 Å². The van der Waals surface area contributed by atoms with E-state index in [9.17, 15) is 9.90 Å². The quantitative estimate of drug-likeness (QED) is 0.845. The molecule has 3 nitrogen and oxygen atoms in total. The molecule has 2 rings (SSSR count). The molecule has 3 heteroatoms. The van der Waals surface area contributed by atoms with Crippen molar-refractivity contribution in [2.75, 3.05) is 0 Å². The summed E-state index contributed by atoms with van der Waals surface area (Å²) in [6.07, 6.45) is 4.45. The van der Waals surface area contributed by atoms with E-state index in [2.05, 4.69) is 0 Å². The maximum absolute atomic E-state index is 10.8. The molecule has 1 atom stereocenters. The number of carbonyl (C=O) groups is 1. The fourth-order valence-electron chi connectivity index (χ4n) is 2.67. The zero-order chi connectivity index (χ0) is 12.5. The smallest absolute Gasteiger partial charge is 0.335 e. The van der Waals surface area contributed by atoms with Gasteiger partial charge in [0, 0.05) is 0 Å². The zero-order valence-electron chi connectivity index (χ0n) is 10.0. The zero-order valence-corrected chi connectivity index (χ0v) is 10.0. The summed E-state index contributed by atoms with van der Waals surface area (Å²) < 4.78 is 0. The molecule has 92 valence electrons. The van der Waals surface area contributed by atoms with E-state index in [4.69, 9.17) is 5.11 Å². The summed E-state index contributed by atoms with van der Waals surface area (Å²) in [7, 11) is 0. The molecule has 1 aliphatic carbocycles. The number of aliphatic hydroxyl groups is 1. The van der Waals surface area contributed by atoms with Crippen LogP contribution < -0.4 is 0 Å². The number of benzene rings is 1. The van der Waals surface area contributed by atoms with Crippen LogP contribution in [0.3, 0.4) is 0 Å². The van der Waals surface area contributed by atoms with Crippen molar-refractivity contribution in [2.45, 2.75) is 38.2 Å². The first-order valence-electron chi connectivity index (χ1n) is 6.08. The molecule has 17 heavy (non-hydrogen) atoms. The van der Waals surface area contributed by atoms with E-state index in [1.807, 2.05) is 6.92 Å². The lowest BCUT2D eigenvalue weighted by molar-refractivity contribution is -0.00336. The summed E-state index contributed by atoms with van der Waals surface area (Å²) in [5.74, 6) is -0.643. The van der Waals surface area contributed by atoms with Crippen LogP contribution in [0, 0.1) is 5.92 Å². The van der Waals surface area contributed by atoms with Gasteiger partial charge in [0.05, 0.1) is 11.2 Å². The molecule has 0 heterocycles. The van der Waals surface area contributed by atoms with Crippen molar-refractivity contribution in [3.63, 3.8) is 0 Å². The third kappa shape index (κ3) is 2.34. The van der Waals surface area contributed by atoms with Gasteiger partial charge in [-0.05, 0) is 43.4 Å². The maximum atomic E-state index is 10.8. The minimum Gasteiger partial charge on any atom is -0.478 e. The molecule has 1 fully saturated rings. The van der Waals surface area contributed by atoms with Crippen LogP contribution in [0.2, 0.25) is 0 Å². The van der Waals surface area contributed by atoms with Crippen molar-refractivity contribution in [2.24, 2.45) is 5.92 Å². The minimum atomic E-state index is -0.933. The highest BCUT2D eigenvalue weighted by atomic mass is 16.4. The SMILES string of the molecule is CC(O)(c1ccc(C(=O)O)cc1)C1CCCC1. The van der Waals surface area contributed by atoms with Gasteiger partial charge in [-0.1, -0.05) is 25.0 Å². The Morgan fingerprint density at radius 2 is 1.76 bits per heavy atom. The highest BCUT2D eigenvalue weighted by molar-refractivity contribution is 5.87. The van der Waals surface area contributed by atoms with Crippen molar-refractivity contribution >= 4 is 5.97 Å². The van der Waals surface area contributed by atoms with Crippen molar-refractivity contribution in [1.29, 1.82) is 0 Å².